The van der Waals surface area contributed by atoms with Crippen molar-refractivity contribution >= 4 is 15.9 Å². The Labute approximate surface area is 145 Å². The topological polar surface area (TPSA) is 20.2 Å². The molecule has 0 saturated heterocycles. The van der Waals surface area contributed by atoms with E-state index in [0.717, 1.165) is 28.4 Å². The second kappa shape index (κ2) is 7.58. The second-order valence-corrected chi connectivity index (χ2v) is 6.58. The summed E-state index contributed by atoms with van der Waals surface area (Å²) in [5.74, 6) is 0. The SMILES string of the molecule is OC(CCc1ccccc1)c1ccc(-c2ccc(Br)cc2)cc1. The van der Waals surface area contributed by atoms with Crippen LogP contribution in [0.4, 0.5) is 0 Å². The standard InChI is InChI=1S/C21H19BrO/c22-20-13-11-18(12-14-20)17-7-9-19(10-8-17)21(23)15-6-16-4-2-1-3-5-16/h1-5,7-14,21,23H,6,15H2. The van der Waals surface area contributed by atoms with Gasteiger partial charge in [0.2, 0.25) is 0 Å². The molecule has 2 heteroatoms. The maximum atomic E-state index is 10.4. The number of hydrogen-bond acceptors (Lipinski definition) is 1. The molecule has 1 atom stereocenters. The first kappa shape index (κ1) is 16.0. The molecule has 1 nitrogen and oxygen atoms in total. The first-order valence-electron chi connectivity index (χ1n) is 7.80. The highest BCUT2D eigenvalue weighted by Crippen LogP contribution is 2.25. The molecule has 116 valence electrons. The Balaban J connectivity index is 1.65. The van der Waals surface area contributed by atoms with Crippen molar-refractivity contribution < 1.29 is 5.11 Å². The van der Waals surface area contributed by atoms with Crippen LogP contribution in [0.15, 0.2) is 83.3 Å². The van der Waals surface area contributed by atoms with Crippen molar-refractivity contribution in [1.82, 2.24) is 0 Å². The van der Waals surface area contributed by atoms with Crippen molar-refractivity contribution in [3.8, 4) is 11.1 Å². The number of halogens is 1. The number of benzene rings is 3. The molecule has 0 aliphatic heterocycles. The molecule has 0 radical (unpaired) electrons. The zero-order valence-corrected chi connectivity index (χ0v) is 14.4. The van der Waals surface area contributed by atoms with Gasteiger partial charge in [-0.1, -0.05) is 82.7 Å². The molecule has 3 aromatic carbocycles. The van der Waals surface area contributed by atoms with Crippen molar-refractivity contribution in [3.63, 3.8) is 0 Å². The zero-order chi connectivity index (χ0) is 16.1. The molecule has 0 saturated carbocycles. The van der Waals surface area contributed by atoms with E-state index >= 15 is 0 Å². The minimum atomic E-state index is -0.422. The van der Waals surface area contributed by atoms with Gasteiger partial charge in [0.05, 0.1) is 6.10 Å². The smallest absolute Gasteiger partial charge is 0.0793 e. The van der Waals surface area contributed by atoms with Crippen LogP contribution in [-0.2, 0) is 6.42 Å². The molecule has 3 aromatic rings. The van der Waals surface area contributed by atoms with E-state index in [1.165, 1.54) is 11.1 Å². The Kier molecular flexibility index (Phi) is 5.27. The monoisotopic (exact) mass is 366 g/mol. The first-order chi connectivity index (χ1) is 11.2. The van der Waals surface area contributed by atoms with Gasteiger partial charge in [-0.3, -0.25) is 0 Å². The Morgan fingerprint density at radius 1 is 0.739 bits per heavy atom. The van der Waals surface area contributed by atoms with Crippen LogP contribution in [0.3, 0.4) is 0 Å². The Bertz CT molecular complexity index is 733. The van der Waals surface area contributed by atoms with Crippen LogP contribution in [0.2, 0.25) is 0 Å². The maximum absolute atomic E-state index is 10.4. The van der Waals surface area contributed by atoms with Crippen molar-refractivity contribution in [2.75, 3.05) is 0 Å². The molecule has 0 bridgehead atoms. The quantitative estimate of drug-likeness (QED) is 0.606. The third kappa shape index (κ3) is 4.31. The van der Waals surface area contributed by atoms with E-state index < -0.39 is 6.10 Å². The predicted octanol–water partition coefficient (Wildman–Crippen LogP) is 5.78. The van der Waals surface area contributed by atoms with Crippen molar-refractivity contribution in [2.24, 2.45) is 0 Å². The number of rotatable bonds is 5. The van der Waals surface area contributed by atoms with Crippen molar-refractivity contribution in [3.05, 3.63) is 94.5 Å². The summed E-state index contributed by atoms with van der Waals surface area (Å²) in [7, 11) is 0. The lowest BCUT2D eigenvalue weighted by atomic mass is 9.98. The molecule has 1 N–H and O–H groups in total. The van der Waals surface area contributed by atoms with Crippen LogP contribution >= 0.6 is 15.9 Å². The van der Waals surface area contributed by atoms with E-state index in [-0.39, 0.29) is 0 Å². The van der Waals surface area contributed by atoms with Gasteiger partial charge in [-0.25, -0.2) is 0 Å². The molecule has 1 unspecified atom stereocenters. The third-order valence-corrected chi connectivity index (χ3v) is 4.55. The lowest BCUT2D eigenvalue weighted by Crippen LogP contribution is -1.99. The fourth-order valence-electron chi connectivity index (χ4n) is 2.65. The Hall–Kier alpha value is -1.90. The molecule has 3 rings (SSSR count). The predicted molar refractivity (Wildman–Crippen MR) is 99.3 cm³/mol. The van der Waals surface area contributed by atoms with Crippen molar-refractivity contribution in [1.29, 1.82) is 0 Å². The molecule has 0 amide bonds. The summed E-state index contributed by atoms with van der Waals surface area (Å²) >= 11 is 3.45. The number of aryl methyl sites for hydroxylation is 1. The Morgan fingerprint density at radius 2 is 1.30 bits per heavy atom. The summed E-state index contributed by atoms with van der Waals surface area (Å²) in [6.45, 7) is 0. The summed E-state index contributed by atoms with van der Waals surface area (Å²) in [6, 6.07) is 26.7. The molecular weight excluding hydrogens is 348 g/mol. The molecule has 0 aromatic heterocycles. The summed E-state index contributed by atoms with van der Waals surface area (Å²) in [4.78, 5) is 0. The van der Waals surface area contributed by atoms with Crippen LogP contribution in [0.1, 0.15) is 23.7 Å². The fraction of sp³-hybridized carbons (Fsp3) is 0.143. The van der Waals surface area contributed by atoms with E-state index in [1.54, 1.807) is 0 Å². The van der Waals surface area contributed by atoms with Gasteiger partial charge >= 0.3 is 0 Å². The lowest BCUT2D eigenvalue weighted by molar-refractivity contribution is 0.168. The molecule has 0 fully saturated rings. The molecule has 0 spiro atoms. The van der Waals surface area contributed by atoms with E-state index in [1.807, 2.05) is 42.5 Å². The van der Waals surface area contributed by atoms with Gasteiger partial charge in [0.15, 0.2) is 0 Å². The van der Waals surface area contributed by atoms with Gasteiger partial charge in [0.1, 0.15) is 0 Å². The minimum absolute atomic E-state index is 0.422. The molecular formula is C21H19BrO. The Morgan fingerprint density at radius 3 is 1.91 bits per heavy atom. The van der Waals surface area contributed by atoms with Crippen LogP contribution in [0.25, 0.3) is 11.1 Å². The normalized spacial score (nSPS) is 12.1. The van der Waals surface area contributed by atoms with Gasteiger partial charge in [0.25, 0.3) is 0 Å². The average molecular weight is 367 g/mol. The third-order valence-electron chi connectivity index (χ3n) is 4.02. The molecule has 0 aliphatic carbocycles. The van der Waals surface area contributed by atoms with Gasteiger partial charge in [0, 0.05) is 4.47 Å². The highest BCUT2D eigenvalue weighted by Gasteiger charge is 2.08. The fourth-order valence-corrected chi connectivity index (χ4v) is 2.92. The van der Waals surface area contributed by atoms with E-state index in [9.17, 15) is 5.11 Å². The van der Waals surface area contributed by atoms with Gasteiger partial charge < -0.3 is 5.11 Å². The lowest BCUT2D eigenvalue weighted by Gasteiger charge is -2.12. The van der Waals surface area contributed by atoms with E-state index in [0.29, 0.717) is 0 Å². The summed E-state index contributed by atoms with van der Waals surface area (Å²) in [5, 5.41) is 10.4. The minimum Gasteiger partial charge on any atom is -0.388 e. The highest BCUT2D eigenvalue weighted by molar-refractivity contribution is 9.10. The average Bonchev–Trinajstić information content (AvgIpc) is 2.61. The number of aliphatic hydroxyl groups excluding tert-OH is 1. The highest BCUT2D eigenvalue weighted by atomic mass is 79.9. The van der Waals surface area contributed by atoms with E-state index in [2.05, 4.69) is 52.3 Å². The number of aliphatic hydroxyl groups is 1. The summed E-state index contributed by atoms with van der Waals surface area (Å²) < 4.78 is 1.08. The van der Waals surface area contributed by atoms with Crippen LogP contribution in [-0.4, -0.2) is 5.11 Å². The van der Waals surface area contributed by atoms with Gasteiger partial charge in [-0.05, 0) is 47.2 Å². The number of hydrogen-bond donors (Lipinski definition) is 1. The van der Waals surface area contributed by atoms with Gasteiger partial charge in [-0.2, -0.15) is 0 Å². The van der Waals surface area contributed by atoms with Crippen LogP contribution < -0.4 is 0 Å². The molecule has 0 heterocycles. The summed E-state index contributed by atoms with van der Waals surface area (Å²) in [5.41, 5.74) is 4.58. The molecule has 23 heavy (non-hydrogen) atoms. The van der Waals surface area contributed by atoms with Crippen LogP contribution in [0.5, 0.6) is 0 Å². The van der Waals surface area contributed by atoms with Crippen molar-refractivity contribution in [2.45, 2.75) is 18.9 Å². The van der Waals surface area contributed by atoms with Crippen LogP contribution in [0, 0.1) is 0 Å². The van der Waals surface area contributed by atoms with Gasteiger partial charge in [-0.15, -0.1) is 0 Å². The maximum Gasteiger partial charge on any atom is 0.0793 e. The van der Waals surface area contributed by atoms with E-state index in [4.69, 9.17) is 0 Å². The second-order valence-electron chi connectivity index (χ2n) is 5.67. The zero-order valence-electron chi connectivity index (χ0n) is 12.8. The summed E-state index contributed by atoms with van der Waals surface area (Å²) in [6.07, 6.45) is 1.20. The first-order valence-corrected chi connectivity index (χ1v) is 8.59. The molecule has 0 aliphatic rings. The largest absolute Gasteiger partial charge is 0.388 e.